The molecule has 0 unspecified atom stereocenters. The van der Waals surface area contributed by atoms with Crippen molar-refractivity contribution in [3.05, 3.63) is 29.0 Å². The Hall–Kier alpha value is -1.09. The lowest BCUT2D eigenvalue weighted by molar-refractivity contribution is 0.0901. The first-order valence-electron chi connectivity index (χ1n) is 5.44. The number of rotatable bonds is 4. The second-order valence-electron chi connectivity index (χ2n) is 4.08. The van der Waals surface area contributed by atoms with Crippen LogP contribution >= 0.6 is 11.6 Å². The van der Waals surface area contributed by atoms with Crippen LogP contribution in [0, 0.1) is 0 Å². The molecule has 0 radical (unpaired) electrons. The smallest absolute Gasteiger partial charge is 0.253 e. The van der Waals surface area contributed by atoms with E-state index in [2.05, 4.69) is 24.1 Å². The Labute approximate surface area is 101 Å². The molecule has 0 atom stereocenters. The van der Waals surface area contributed by atoms with Crippen LogP contribution in [0.15, 0.2) is 18.5 Å². The van der Waals surface area contributed by atoms with Gasteiger partial charge in [0.05, 0.1) is 10.6 Å². The van der Waals surface area contributed by atoms with Crippen LogP contribution in [0.5, 0.6) is 0 Å². The van der Waals surface area contributed by atoms with E-state index in [0.717, 1.165) is 12.8 Å². The molecule has 1 rings (SSSR count). The molecular weight excluding hydrogens is 224 g/mol. The van der Waals surface area contributed by atoms with Crippen molar-refractivity contribution in [2.45, 2.75) is 39.2 Å². The zero-order chi connectivity index (χ0) is 12.2. The van der Waals surface area contributed by atoms with Gasteiger partial charge in [-0.05, 0) is 25.8 Å². The topological polar surface area (TPSA) is 42.0 Å². The molecular formula is C12H17ClN2O. The number of aromatic nitrogens is 1. The summed E-state index contributed by atoms with van der Waals surface area (Å²) < 4.78 is 0. The second kappa shape index (κ2) is 5.30. The van der Waals surface area contributed by atoms with E-state index in [1.807, 2.05) is 6.92 Å². The van der Waals surface area contributed by atoms with E-state index in [1.165, 1.54) is 6.20 Å². The molecule has 0 aliphatic rings. The Morgan fingerprint density at radius 1 is 1.50 bits per heavy atom. The van der Waals surface area contributed by atoms with Crippen LogP contribution in [0.3, 0.4) is 0 Å². The number of hydrogen-bond acceptors (Lipinski definition) is 2. The van der Waals surface area contributed by atoms with Gasteiger partial charge in [0.2, 0.25) is 0 Å². The van der Waals surface area contributed by atoms with Crippen molar-refractivity contribution in [3.63, 3.8) is 0 Å². The third kappa shape index (κ3) is 2.95. The summed E-state index contributed by atoms with van der Waals surface area (Å²) in [5, 5.41) is 3.38. The molecule has 3 nitrogen and oxygen atoms in total. The monoisotopic (exact) mass is 240 g/mol. The van der Waals surface area contributed by atoms with Gasteiger partial charge in [0.15, 0.2) is 0 Å². The minimum absolute atomic E-state index is 0.140. The van der Waals surface area contributed by atoms with Gasteiger partial charge >= 0.3 is 0 Å². The first-order chi connectivity index (χ1) is 7.52. The van der Waals surface area contributed by atoms with Crippen LogP contribution in [-0.2, 0) is 0 Å². The summed E-state index contributed by atoms with van der Waals surface area (Å²) in [5.74, 6) is -0.140. The Morgan fingerprint density at radius 2 is 2.12 bits per heavy atom. The molecule has 4 heteroatoms. The van der Waals surface area contributed by atoms with E-state index >= 15 is 0 Å². The normalized spacial score (nSPS) is 11.2. The molecule has 1 amide bonds. The minimum Gasteiger partial charge on any atom is -0.347 e. The van der Waals surface area contributed by atoms with Gasteiger partial charge in [0, 0.05) is 17.9 Å². The molecule has 0 bridgehead atoms. The molecule has 0 spiro atoms. The van der Waals surface area contributed by atoms with Crippen LogP contribution in [0.4, 0.5) is 0 Å². The van der Waals surface area contributed by atoms with E-state index in [1.54, 1.807) is 12.3 Å². The van der Waals surface area contributed by atoms with Crippen molar-refractivity contribution in [1.82, 2.24) is 10.3 Å². The highest BCUT2D eigenvalue weighted by Gasteiger charge is 2.23. The Morgan fingerprint density at radius 3 is 2.62 bits per heavy atom. The van der Waals surface area contributed by atoms with Crippen molar-refractivity contribution in [1.29, 1.82) is 0 Å². The van der Waals surface area contributed by atoms with E-state index in [9.17, 15) is 4.79 Å². The standard InChI is InChI=1S/C12H17ClN2O/c1-4-12(3,5-2)15-11(16)9-6-7-14-8-10(9)13/h6-8H,4-5H2,1-3H3,(H,15,16). The lowest BCUT2D eigenvalue weighted by atomic mass is 9.95. The first-order valence-corrected chi connectivity index (χ1v) is 5.82. The van der Waals surface area contributed by atoms with Gasteiger partial charge in [0.25, 0.3) is 5.91 Å². The number of carbonyl (C=O) groups is 1. The van der Waals surface area contributed by atoms with Crippen molar-refractivity contribution in [3.8, 4) is 0 Å². The molecule has 88 valence electrons. The van der Waals surface area contributed by atoms with E-state index < -0.39 is 0 Å². The predicted molar refractivity (Wildman–Crippen MR) is 65.7 cm³/mol. The fourth-order valence-corrected chi connectivity index (χ4v) is 1.53. The van der Waals surface area contributed by atoms with E-state index in [4.69, 9.17) is 11.6 Å². The Bertz CT molecular complexity index is 375. The van der Waals surface area contributed by atoms with E-state index in [0.29, 0.717) is 10.6 Å². The highest BCUT2D eigenvalue weighted by Crippen LogP contribution is 2.18. The van der Waals surface area contributed by atoms with Crippen molar-refractivity contribution in [2.24, 2.45) is 0 Å². The summed E-state index contributed by atoms with van der Waals surface area (Å²) in [6.07, 6.45) is 4.82. The maximum absolute atomic E-state index is 12.0. The van der Waals surface area contributed by atoms with Crippen LogP contribution in [0.25, 0.3) is 0 Å². The van der Waals surface area contributed by atoms with Gasteiger partial charge in [-0.2, -0.15) is 0 Å². The largest absolute Gasteiger partial charge is 0.347 e. The SMILES string of the molecule is CCC(C)(CC)NC(=O)c1ccncc1Cl. The minimum atomic E-state index is -0.177. The van der Waals surface area contributed by atoms with Crippen LogP contribution in [-0.4, -0.2) is 16.4 Å². The van der Waals surface area contributed by atoms with Gasteiger partial charge < -0.3 is 5.32 Å². The molecule has 0 saturated carbocycles. The molecule has 0 aliphatic carbocycles. The van der Waals surface area contributed by atoms with Gasteiger partial charge in [0.1, 0.15) is 0 Å². The molecule has 0 saturated heterocycles. The van der Waals surface area contributed by atoms with Crippen LogP contribution in [0.1, 0.15) is 44.0 Å². The lowest BCUT2D eigenvalue weighted by Gasteiger charge is -2.28. The van der Waals surface area contributed by atoms with Crippen molar-refractivity contribution >= 4 is 17.5 Å². The average molecular weight is 241 g/mol. The van der Waals surface area contributed by atoms with Gasteiger partial charge in [-0.15, -0.1) is 0 Å². The van der Waals surface area contributed by atoms with Gasteiger partial charge in [-0.1, -0.05) is 25.4 Å². The zero-order valence-electron chi connectivity index (χ0n) is 9.88. The highest BCUT2D eigenvalue weighted by atomic mass is 35.5. The summed E-state index contributed by atoms with van der Waals surface area (Å²) in [4.78, 5) is 15.8. The molecule has 16 heavy (non-hydrogen) atoms. The maximum Gasteiger partial charge on any atom is 0.253 e. The molecule has 1 aromatic rings. The fraction of sp³-hybridized carbons (Fsp3) is 0.500. The summed E-state index contributed by atoms with van der Waals surface area (Å²) in [6.45, 7) is 6.13. The average Bonchev–Trinajstić information content (AvgIpc) is 2.29. The third-order valence-electron chi connectivity index (χ3n) is 2.99. The fourth-order valence-electron chi connectivity index (χ4n) is 1.33. The number of carbonyl (C=O) groups excluding carboxylic acids is 1. The number of hydrogen-bond donors (Lipinski definition) is 1. The Kier molecular flexibility index (Phi) is 4.30. The lowest BCUT2D eigenvalue weighted by Crippen LogP contribution is -2.45. The molecule has 0 fully saturated rings. The molecule has 0 aromatic carbocycles. The van der Waals surface area contributed by atoms with E-state index in [-0.39, 0.29) is 11.4 Å². The van der Waals surface area contributed by atoms with Crippen LogP contribution < -0.4 is 5.32 Å². The quantitative estimate of drug-likeness (QED) is 0.879. The summed E-state index contributed by atoms with van der Waals surface area (Å²) in [5.41, 5.74) is 0.300. The summed E-state index contributed by atoms with van der Waals surface area (Å²) in [7, 11) is 0. The molecule has 1 N–H and O–H groups in total. The number of pyridine rings is 1. The van der Waals surface area contributed by atoms with Crippen LogP contribution in [0.2, 0.25) is 5.02 Å². The van der Waals surface area contributed by atoms with Crippen molar-refractivity contribution in [2.75, 3.05) is 0 Å². The van der Waals surface area contributed by atoms with Crippen molar-refractivity contribution < 1.29 is 4.79 Å². The number of halogens is 1. The maximum atomic E-state index is 12.0. The predicted octanol–water partition coefficient (Wildman–Crippen LogP) is 3.04. The van der Waals surface area contributed by atoms with Gasteiger partial charge in [-0.3, -0.25) is 9.78 Å². The highest BCUT2D eigenvalue weighted by molar-refractivity contribution is 6.33. The molecule has 1 aromatic heterocycles. The second-order valence-corrected chi connectivity index (χ2v) is 4.48. The Balaban J connectivity index is 2.84. The van der Waals surface area contributed by atoms with Gasteiger partial charge in [-0.25, -0.2) is 0 Å². The number of nitrogens with one attached hydrogen (secondary N) is 1. The first kappa shape index (κ1) is 13.0. The number of nitrogens with zero attached hydrogens (tertiary/aromatic N) is 1. The summed E-state index contributed by atoms with van der Waals surface area (Å²) in [6, 6.07) is 1.63. The molecule has 1 heterocycles. The molecule has 0 aliphatic heterocycles. The zero-order valence-corrected chi connectivity index (χ0v) is 10.6. The summed E-state index contributed by atoms with van der Waals surface area (Å²) >= 11 is 5.91. The number of amides is 1. The third-order valence-corrected chi connectivity index (χ3v) is 3.29.